The number of amides is 2. The number of sulfonamides is 1. The Morgan fingerprint density at radius 1 is 1.11 bits per heavy atom. The number of thioether (sulfide) groups is 1. The molecule has 0 aliphatic carbocycles. The van der Waals surface area contributed by atoms with Crippen molar-refractivity contribution in [2.45, 2.75) is 21.9 Å². The molecule has 144 valence electrons. The maximum atomic E-state index is 12.8. The van der Waals surface area contributed by atoms with Gasteiger partial charge in [0, 0.05) is 42.4 Å². The van der Waals surface area contributed by atoms with Crippen LogP contribution in [0.4, 0.5) is 10.5 Å². The predicted octanol–water partition coefficient (Wildman–Crippen LogP) is 3.16. The van der Waals surface area contributed by atoms with E-state index in [0.29, 0.717) is 30.3 Å². The van der Waals surface area contributed by atoms with Crippen LogP contribution in [-0.2, 0) is 10.0 Å². The number of nitrogens with one attached hydrogen (secondary N) is 1. The van der Waals surface area contributed by atoms with Crippen molar-refractivity contribution >= 4 is 44.8 Å². The second-order valence-corrected chi connectivity index (χ2v) is 11.0. The molecule has 0 spiro atoms. The molecule has 2 amide bonds. The molecule has 1 N–H and O–H groups in total. The Kier molecular flexibility index (Phi) is 5.45. The van der Waals surface area contributed by atoms with Crippen molar-refractivity contribution in [2.24, 2.45) is 0 Å². The van der Waals surface area contributed by atoms with Gasteiger partial charge in [0.2, 0.25) is 0 Å². The van der Waals surface area contributed by atoms with Crippen molar-refractivity contribution in [3.63, 3.8) is 0 Å². The van der Waals surface area contributed by atoms with Crippen LogP contribution in [0.25, 0.3) is 0 Å². The molecule has 2 aromatic rings. The minimum Gasteiger partial charge on any atom is -0.320 e. The van der Waals surface area contributed by atoms with Gasteiger partial charge in [-0.3, -0.25) is 0 Å². The van der Waals surface area contributed by atoms with E-state index in [-0.39, 0.29) is 17.3 Å². The molecule has 0 saturated carbocycles. The summed E-state index contributed by atoms with van der Waals surface area (Å²) < 4.78 is 27.6. The summed E-state index contributed by atoms with van der Waals surface area (Å²) in [6.45, 7) is 1.57. The Morgan fingerprint density at radius 2 is 1.93 bits per heavy atom. The maximum Gasteiger partial charge on any atom is 0.322 e. The molecule has 1 aromatic heterocycles. The fourth-order valence-corrected chi connectivity index (χ4v) is 7.70. The maximum absolute atomic E-state index is 12.8. The number of hydrogen-bond donors (Lipinski definition) is 1. The van der Waals surface area contributed by atoms with Crippen LogP contribution in [0, 0.1) is 0 Å². The molecule has 27 heavy (non-hydrogen) atoms. The normalized spacial score (nSPS) is 23.6. The second kappa shape index (κ2) is 7.83. The van der Waals surface area contributed by atoms with Crippen LogP contribution < -0.4 is 5.32 Å². The number of para-hydroxylation sites is 1. The SMILES string of the molecule is O=C(Nc1ccccc1)N1CCSC2CN(S(=O)(=O)c3cccs3)CCC21. The van der Waals surface area contributed by atoms with E-state index < -0.39 is 10.0 Å². The first-order valence-electron chi connectivity index (χ1n) is 8.83. The predicted molar refractivity (Wildman–Crippen MR) is 110 cm³/mol. The molecule has 4 rings (SSSR count). The number of anilines is 1. The molecule has 2 unspecified atom stereocenters. The summed E-state index contributed by atoms with van der Waals surface area (Å²) in [6, 6.07) is 12.8. The van der Waals surface area contributed by atoms with E-state index in [4.69, 9.17) is 0 Å². The summed E-state index contributed by atoms with van der Waals surface area (Å²) in [6.07, 6.45) is 0.657. The lowest BCUT2D eigenvalue weighted by molar-refractivity contribution is 0.160. The molecule has 0 bridgehead atoms. The van der Waals surface area contributed by atoms with Crippen LogP contribution in [0.1, 0.15) is 6.42 Å². The Balaban J connectivity index is 1.46. The van der Waals surface area contributed by atoms with Crippen LogP contribution >= 0.6 is 23.1 Å². The lowest BCUT2D eigenvalue weighted by Gasteiger charge is -2.46. The average molecular weight is 424 g/mol. The number of hydrogen-bond acceptors (Lipinski definition) is 5. The molecular formula is C18H21N3O3S3. The Hall–Kier alpha value is -1.55. The molecule has 6 nitrogen and oxygen atoms in total. The number of piperidine rings is 1. The Bertz CT molecular complexity index is 887. The van der Waals surface area contributed by atoms with Gasteiger partial charge in [0.15, 0.2) is 0 Å². The van der Waals surface area contributed by atoms with Gasteiger partial charge in [-0.1, -0.05) is 24.3 Å². The number of carbonyl (C=O) groups is 1. The van der Waals surface area contributed by atoms with Gasteiger partial charge in [0.25, 0.3) is 10.0 Å². The molecular weight excluding hydrogens is 402 g/mol. The van der Waals surface area contributed by atoms with Crippen LogP contribution in [0.15, 0.2) is 52.1 Å². The standard InChI is InChI=1S/C18H21N3O3S3/c22-18(19-14-5-2-1-3-6-14)21-10-12-25-16-13-20(9-8-15(16)21)27(23,24)17-7-4-11-26-17/h1-7,11,15-16H,8-10,12-13H2,(H,19,22). The fourth-order valence-electron chi connectivity index (χ4n) is 3.59. The number of urea groups is 1. The minimum atomic E-state index is -3.44. The van der Waals surface area contributed by atoms with E-state index in [2.05, 4.69) is 5.32 Å². The third-order valence-corrected chi connectivity index (χ3v) is 9.47. The largest absolute Gasteiger partial charge is 0.322 e. The summed E-state index contributed by atoms with van der Waals surface area (Å²) in [5.41, 5.74) is 0.773. The zero-order valence-corrected chi connectivity index (χ0v) is 17.1. The molecule has 2 fully saturated rings. The zero-order chi connectivity index (χ0) is 18.9. The summed E-state index contributed by atoms with van der Waals surface area (Å²) in [5.74, 6) is 0.816. The van der Waals surface area contributed by atoms with Crippen molar-refractivity contribution in [1.29, 1.82) is 0 Å². The van der Waals surface area contributed by atoms with Crippen molar-refractivity contribution < 1.29 is 13.2 Å². The number of rotatable bonds is 3. The highest BCUT2D eigenvalue weighted by molar-refractivity contribution is 8.00. The number of nitrogens with zero attached hydrogens (tertiary/aromatic N) is 2. The Morgan fingerprint density at radius 3 is 2.67 bits per heavy atom. The van der Waals surface area contributed by atoms with Gasteiger partial charge in [-0.15, -0.1) is 11.3 Å². The monoisotopic (exact) mass is 423 g/mol. The third kappa shape index (κ3) is 3.87. The van der Waals surface area contributed by atoms with Crippen molar-refractivity contribution in [3.05, 3.63) is 47.8 Å². The van der Waals surface area contributed by atoms with Crippen molar-refractivity contribution in [3.8, 4) is 0 Å². The summed E-state index contributed by atoms with van der Waals surface area (Å²) in [7, 11) is -3.44. The number of benzene rings is 1. The van der Waals surface area contributed by atoms with Crippen LogP contribution in [-0.4, -0.2) is 60.3 Å². The van der Waals surface area contributed by atoms with E-state index in [0.717, 1.165) is 11.4 Å². The van der Waals surface area contributed by atoms with E-state index in [1.54, 1.807) is 33.6 Å². The fraction of sp³-hybridized carbons (Fsp3) is 0.389. The lowest BCUT2D eigenvalue weighted by atomic mass is 10.0. The highest BCUT2D eigenvalue weighted by atomic mass is 32.2. The van der Waals surface area contributed by atoms with Crippen LogP contribution in [0.5, 0.6) is 0 Å². The zero-order valence-electron chi connectivity index (χ0n) is 14.7. The van der Waals surface area contributed by atoms with E-state index in [1.807, 2.05) is 35.2 Å². The summed E-state index contributed by atoms with van der Waals surface area (Å²) >= 11 is 3.02. The molecule has 2 saturated heterocycles. The van der Waals surface area contributed by atoms with Crippen LogP contribution in [0.2, 0.25) is 0 Å². The minimum absolute atomic E-state index is 0.0576. The highest BCUT2D eigenvalue weighted by Gasteiger charge is 2.42. The second-order valence-electron chi connectivity index (χ2n) is 6.55. The molecule has 0 radical (unpaired) electrons. The quantitative estimate of drug-likeness (QED) is 0.823. The number of carbonyl (C=O) groups excluding carboxylic acids is 1. The highest BCUT2D eigenvalue weighted by Crippen LogP contribution is 2.34. The van der Waals surface area contributed by atoms with Gasteiger partial charge in [-0.2, -0.15) is 16.1 Å². The van der Waals surface area contributed by atoms with E-state index >= 15 is 0 Å². The van der Waals surface area contributed by atoms with Gasteiger partial charge in [-0.05, 0) is 30.0 Å². The van der Waals surface area contributed by atoms with E-state index in [1.165, 1.54) is 11.3 Å². The first-order valence-corrected chi connectivity index (χ1v) is 12.2. The van der Waals surface area contributed by atoms with Crippen molar-refractivity contribution in [2.75, 3.05) is 30.7 Å². The van der Waals surface area contributed by atoms with Gasteiger partial charge >= 0.3 is 6.03 Å². The topological polar surface area (TPSA) is 69.7 Å². The van der Waals surface area contributed by atoms with Crippen molar-refractivity contribution in [1.82, 2.24) is 9.21 Å². The smallest absolute Gasteiger partial charge is 0.320 e. The van der Waals surface area contributed by atoms with E-state index in [9.17, 15) is 13.2 Å². The lowest BCUT2D eigenvalue weighted by Crippen LogP contribution is -2.59. The Labute approximate surface area is 167 Å². The third-order valence-electron chi connectivity index (χ3n) is 4.93. The van der Waals surface area contributed by atoms with Gasteiger partial charge in [0.1, 0.15) is 4.21 Å². The van der Waals surface area contributed by atoms with Gasteiger partial charge in [-0.25, -0.2) is 13.2 Å². The molecule has 9 heteroatoms. The average Bonchev–Trinajstić information content (AvgIpc) is 3.23. The first kappa shape index (κ1) is 18.8. The molecule has 2 aliphatic rings. The molecule has 1 aromatic carbocycles. The van der Waals surface area contributed by atoms with Gasteiger partial charge < -0.3 is 10.2 Å². The summed E-state index contributed by atoms with van der Waals surface area (Å²) in [4.78, 5) is 14.6. The summed E-state index contributed by atoms with van der Waals surface area (Å²) in [5, 5.41) is 4.84. The first-order chi connectivity index (χ1) is 13.1. The number of thiophene rings is 1. The molecule has 3 heterocycles. The van der Waals surface area contributed by atoms with Gasteiger partial charge in [0.05, 0.1) is 0 Å². The molecule has 2 aliphatic heterocycles. The molecule has 2 atom stereocenters. The van der Waals surface area contributed by atoms with Crippen LogP contribution in [0.3, 0.4) is 0 Å². The number of fused-ring (bicyclic) bond motifs is 1.